The average molecular weight is 302 g/mol. The first-order chi connectivity index (χ1) is 10.7. The van der Waals surface area contributed by atoms with Crippen LogP contribution in [0.5, 0.6) is 0 Å². The van der Waals surface area contributed by atoms with Gasteiger partial charge < -0.3 is 10.0 Å². The van der Waals surface area contributed by atoms with Crippen LogP contribution in [-0.2, 0) is 0 Å². The summed E-state index contributed by atoms with van der Waals surface area (Å²) in [5, 5.41) is 10.2. The van der Waals surface area contributed by atoms with Crippen molar-refractivity contribution in [3.8, 4) is 0 Å². The van der Waals surface area contributed by atoms with Crippen LogP contribution in [0.4, 0.5) is 5.82 Å². The predicted octanol–water partition coefficient (Wildman–Crippen LogP) is 0.803. The number of likely N-dealkylation sites (tertiary alicyclic amines) is 1. The Labute approximate surface area is 132 Å². The Morgan fingerprint density at radius 3 is 2.50 bits per heavy atom. The summed E-state index contributed by atoms with van der Waals surface area (Å²) < 4.78 is 0. The van der Waals surface area contributed by atoms with Gasteiger partial charge in [-0.05, 0) is 31.4 Å². The van der Waals surface area contributed by atoms with Crippen molar-refractivity contribution in [2.75, 3.05) is 50.7 Å². The molecule has 0 atom stereocenters. The molecule has 3 aliphatic rings. The van der Waals surface area contributed by atoms with Crippen LogP contribution in [0.25, 0.3) is 0 Å². The van der Waals surface area contributed by atoms with Crippen LogP contribution in [-0.4, -0.2) is 77.3 Å². The molecule has 5 heteroatoms. The summed E-state index contributed by atoms with van der Waals surface area (Å²) in [6.45, 7) is 7.53. The van der Waals surface area contributed by atoms with E-state index < -0.39 is 0 Å². The van der Waals surface area contributed by atoms with Crippen LogP contribution in [0, 0.1) is 0 Å². The van der Waals surface area contributed by atoms with Gasteiger partial charge in [0.2, 0.25) is 0 Å². The molecule has 1 aliphatic carbocycles. The Bertz CT molecular complexity index is 491. The fourth-order valence-electron chi connectivity index (χ4n) is 3.92. The number of hydrogen-bond donors (Lipinski definition) is 1. The molecule has 2 aliphatic heterocycles. The lowest BCUT2D eigenvalue weighted by molar-refractivity contribution is -0.0869. The molecule has 4 rings (SSSR count). The smallest absolute Gasteiger partial charge is 0.128 e. The van der Waals surface area contributed by atoms with Crippen molar-refractivity contribution < 1.29 is 5.11 Å². The van der Waals surface area contributed by atoms with Crippen molar-refractivity contribution >= 4 is 5.82 Å². The molecule has 3 fully saturated rings. The Balaban J connectivity index is 1.22. The molecule has 0 spiro atoms. The first-order valence-electron chi connectivity index (χ1n) is 8.57. The van der Waals surface area contributed by atoms with Crippen molar-refractivity contribution in [1.29, 1.82) is 0 Å². The van der Waals surface area contributed by atoms with E-state index in [2.05, 4.69) is 31.8 Å². The second kappa shape index (κ2) is 5.80. The third-order valence-electron chi connectivity index (χ3n) is 5.54. The van der Waals surface area contributed by atoms with Crippen molar-refractivity contribution in [2.45, 2.75) is 30.9 Å². The number of aliphatic hydroxyl groups is 1. The molecule has 5 nitrogen and oxygen atoms in total. The third kappa shape index (κ3) is 2.85. The molecule has 1 saturated carbocycles. The first kappa shape index (κ1) is 14.4. The van der Waals surface area contributed by atoms with Crippen LogP contribution in [0.3, 0.4) is 0 Å². The normalized spacial score (nSPS) is 26.5. The standard InChI is InChI=1S/C17H26N4O/c22-17(5-3-6-17)14-19-12-15(13-19)20-8-10-21(11-9-20)16-4-1-2-7-18-16/h1-2,4,7,15,22H,3,5-6,8-14H2. The maximum Gasteiger partial charge on any atom is 0.128 e. The highest BCUT2D eigenvalue weighted by molar-refractivity contribution is 5.38. The average Bonchev–Trinajstić information content (AvgIpc) is 2.50. The molecule has 1 N–H and O–H groups in total. The lowest BCUT2D eigenvalue weighted by Crippen LogP contribution is -2.65. The van der Waals surface area contributed by atoms with E-state index in [1.54, 1.807) is 0 Å². The van der Waals surface area contributed by atoms with Gasteiger partial charge in [0.05, 0.1) is 5.60 Å². The van der Waals surface area contributed by atoms with Gasteiger partial charge in [-0.25, -0.2) is 4.98 Å². The first-order valence-corrected chi connectivity index (χ1v) is 8.57. The van der Waals surface area contributed by atoms with E-state index in [0.717, 1.165) is 64.5 Å². The van der Waals surface area contributed by atoms with Crippen LogP contribution in [0.1, 0.15) is 19.3 Å². The van der Waals surface area contributed by atoms with Gasteiger partial charge in [-0.3, -0.25) is 9.80 Å². The van der Waals surface area contributed by atoms with Gasteiger partial charge in [-0.1, -0.05) is 6.07 Å². The van der Waals surface area contributed by atoms with E-state index in [-0.39, 0.29) is 5.60 Å². The molecule has 0 radical (unpaired) electrons. The van der Waals surface area contributed by atoms with Crippen LogP contribution in [0.15, 0.2) is 24.4 Å². The molecule has 1 aromatic rings. The zero-order valence-corrected chi connectivity index (χ0v) is 13.2. The largest absolute Gasteiger partial charge is 0.389 e. The Kier molecular flexibility index (Phi) is 3.80. The molecule has 3 heterocycles. The summed E-state index contributed by atoms with van der Waals surface area (Å²) in [6.07, 6.45) is 5.06. The third-order valence-corrected chi connectivity index (χ3v) is 5.54. The van der Waals surface area contributed by atoms with Crippen LogP contribution >= 0.6 is 0 Å². The van der Waals surface area contributed by atoms with Crippen molar-refractivity contribution in [3.63, 3.8) is 0 Å². The lowest BCUT2D eigenvalue weighted by Gasteiger charge is -2.51. The summed E-state index contributed by atoms with van der Waals surface area (Å²) >= 11 is 0. The van der Waals surface area contributed by atoms with E-state index in [9.17, 15) is 5.11 Å². The van der Waals surface area contributed by atoms with E-state index in [4.69, 9.17) is 0 Å². The molecule has 120 valence electrons. The lowest BCUT2D eigenvalue weighted by atomic mass is 9.79. The Morgan fingerprint density at radius 2 is 1.91 bits per heavy atom. The molecular formula is C17H26N4O. The maximum atomic E-state index is 10.2. The number of anilines is 1. The van der Waals surface area contributed by atoms with Gasteiger partial charge >= 0.3 is 0 Å². The molecule has 1 aromatic heterocycles. The maximum absolute atomic E-state index is 10.2. The number of aromatic nitrogens is 1. The number of β-amino-alcohol motifs (C(OH)–C–C–N with tert-alkyl or cyclic N) is 1. The van der Waals surface area contributed by atoms with Gasteiger partial charge in [-0.15, -0.1) is 0 Å². The molecular weight excluding hydrogens is 276 g/mol. The van der Waals surface area contributed by atoms with Gasteiger partial charge in [0.1, 0.15) is 5.82 Å². The van der Waals surface area contributed by atoms with Gasteiger partial charge in [0.25, 0.3) is 0 Å². The summed E-state index contributed by atoms with van der Waals surface area (Å²) in [4.78, 5) is 11.9. The molecule has 22 heavy (non-hydrogen) atoms. The van der Waals surface area contributed by atoms with E-state index in [0.29, 0.717) is 6.04 Å². The molecule has 0 unspecified atom stereocenters. The minimum Gasteiger partial charge on any atom is -0.389 e. The summed E-state index contributed by atoms with van der Waals surface area (Å²) in [6, 6.07) is 6.82. The molecule has 0 aromatic carbocycles. The highest BCUT2D eigenvalue weighted by atomic mass is 16.3. The quantitative estimate of drug-likeness (QED) is 0.891. The number of nitrogens with zero attached hydrogens (tertiary/aromatic N) is 4. The highest BCUT2D eigenvalue weighted by Gasteiger charge is 2.41. The number of rotatable bonds is 4. The van der Waals surface area contributed by atoms with Crippen LogP contribution in [0.2, 0.25) is 0 Å². The fraction of sp³-hybridized carbons (Fsp3) is 0.706. The number of piperazine rings is 1. The van der Waals surface area contributed by atoms with Crippen molar-refractivity contribution in [2.24, 2.45) is 0 Å². The highest BCUT2D eigenvalue weighted by Crippen LogP contribution is 2.33. The summed E-state index contributed by atoms with van der Waals surface area (Å²) in [7, 11) is 0. The predicted molar refractivity (Wildman–Crippen MR) is 87.1 cm³/mol. The zero-order valence-electron chi connectivity index (χ0n) is 13.2. The van der Waals surface area contributed by atoms with Crippen molar-refractivity contribution in [3.05, 3.63) is 24.4 Å². The minimum atomic E-state index is -0.358. The summed E-state index contributed by atoms with van der Waals surface area (Å²) in [5.74, 6) is 1.10. The molecule has 0 amide bonds. The fourth-order valence-corrected chi connectivity index (χ4v) is 3.92. The molecule has 0 bridgehead atoms. The van der Waals surface area contributed by atoms with E-state index in [1.807, 2.05) is 12.3 Å². The summed E-state index contributed by atoms with van der Waals surface area (Å²) in [5.41, 5.74) is -0.358. The number of hydrogen-bond acceptors (Lipinski definition) is 5. The van der Waals surface area contributed by atoms with Gasteiger partial charge in [-0.2, -0.15) is 0 Å². The molecule has 2 saturated heterocycles. The van der Waals surface area contributed by atoms with E-state index in [1.165, 1.54) is 6.42 Å². The second-order valence-electron chi connectivity index (χ2n) is 7.14. The minimum absolute atomic E-state index is 0.358. The SMILES string of the molecule is OC1(CN2CC(N3CCN(c4ccccn4)CC3)C2)CCC1. The van der Waals surface area contributed by atoms with Gasteiger partial charge in [0.15, 0.2) is 0 Å². The van der Waals surface area contributed by atoms with E-state index >= 15 is 0 Å². The second-order valence-corrected chi connectivity index (χ2v) is 7.14. The van der Waals surface area contributed by atoms with Crippen molar-refractivity contribution in [1.82, 2.24) is 14.8 Å². The monoisotopic (exact) mass is 302 g/mol. The van der Waals surface area contributed by atoms with Gasteiger partial charge in [0, 0.05) is 58.1 Å². The number of pyridine rings is 1. The van der Waals surface area contributed by atoms with Crippen LogP contribution < -0.4 is 4.90 Å². The zero-order chi connectivity index (χ0) is 15.0. The Morgan fingerprint density at radius 1 is 1.14 bits per heavy atom. The topological polar surface area (TPSA) is 42.8 Å². The Hall–Kier alpha value is -1.17.